The third kappa shape index (κ3) is 3.91. The van der Waals surface area contributed by atoms with Crippen LogP contribution >= 0.6 is 11.6 Å². The van der Waals surface area contributed by atoms with Crippen molar-refractivity contribution in [3.63, 3.8) is 0 Å². The van der Waals surface area contributed by atoms with Crippen molar-refractivity contribution in [1.29, 1.82) is 0 Å². The fourth-order valence-corrected chi connectivity index (χ4v) is 3.91. The summed E-state index contributed by atoms with van der Waals surface area (Å²) in [7, 11) is 1.58. The summed E-state index contributed by atoms with van der Waals surface area (Å²) in [6, 6.07) is 19.8. The van der Waals surface area contributed by atoms with Crippen molar-refractivity contribution in [3.05, 3.63) is 88.3 Å². The van der Waals surface area contributed by atoms with Gasteiger partial charge in [0, 0.05) is 33.2 Å². The summed E-state index contributed by atoms with van der Waals surface area (Å²) in [5.41, 5.74) is 1.88. The second kappa shape index (κ2) is 9.03. The van der Waals surface area contributed by atoms with Crippen molar-refractivity contribution in [2.75, 3.05) is 13.7 Å². The summed E-state index contributed by atoms with van der Waals surface area (Å²) in [5.74, 6) is 1.90. The topological polar surface area (TPSA) is 79.4 Å². The Balaban J connectivity index is 1.64. The largest absolute Gasteiger partial charge is 0.493 e. The molecule has 0 atom stereocenters. The summed E-state index contributed by atoms with van der Waals surface area (Å²) in [6.07, 6.45) is 1.71. The molecule has 170 valence electrons. The zero-order chi connectivity index (χ0) is 23.7. The molecule has 0 aliphatic heterocycles. The van der Waals surface area contributed by atoms with E-state index >= 15 is 0 Å². The first-order valence-corrected chi connectivity index (χ1v) is 11.0. The maximum Gasteiger partial charge on any atom is 0.262 e. The standard InChI is InChI=1S/C26H20ClN3O4/c1-3-33-22-13-8-16(14-23(22)32-2)24-28-25(34-29-24)21-15-30(18-11-9-17(27)10-12-18)26(31)20-7-5-4-6-19(20)21/h4-15H,3H2,1-2H3. The molecule has 34 heavy (non-hydrogen) atoms. The molecule has 0 saturated heterocycles. The maximum atomic E-state index is 13.2. The van der Waals surface area contributed by atoms with E-state index in [1.54, 1.807) is 54.3 Å². The molecule has 0 aliphatic rings. The number of pyridine rings is 1. The minimum Gasteiger partial charge on any atom is -0.493 e. The summed E-state index contributed by atoms with van der Waals surface area (Å²) >= 11 is 6.03. The molecule has 0 N–H and O–H groups in total. The Morgan fingerprint density at radius 3 is 2.50 bits per heavy atom. The Morgan fingerprint density at radius 2 is 1.76 bits per heavy atom. The number of hydrogen-bond acceptors (Lipinski definition) is 6. The summed E-state index contributed by atoms with van der Waals surface area (Å²) in [4.78, 5) is 17.8. The Bertz CT molecular complexity index is 1540. The quantitative estimate of drug-likeness (QED) is 0.311. The lowest BCUT2D eigenvalue weighted by molar-refractivity contribution is 0.311. The fraction of sp³-hybridized carbons (Fsp3) is 0.115. The van der Waals surface area contributed by atoms with Gasteiger partial charge in [0.2, 0.25) is 5.82 Å². The molecular weight excluding hydrogens is 454 g/mol. The van der Waals surface area contributed by atoms with E-state index < -0.39 is 0 Å². The van der Waals surface area contributed by atoms with E-state index in [0.29, 0.717) is 57.0 Å². The van der Waals surface area contributed by atoms with Crippen LogP contribution in [-0.2, 0) is 0 Å². The number of methoxy groups -OCH3 is 1. The van der Waals surface area contributed by atoms with Crippen LogP contribution in [0.4, 0.5) is 0 Å². The number of rotatable bonds is 6. The summed E-state index contributed by atoms with van der Waals surface area (Å²) < 4.78 is 18.2. The number of aromatic nitrogens is 3. The number of benzene rings is 3. The van der Waals surface area contributed by atoms with Gasteiger partial charge in [-0.1, -0.05) is 35.0 Å². The monoisotopic (exact) mass is 473 g/mol. The lowest BCUT2D eigenvalue weighted by Gasteiger charge is -2.10. The van der Waals surface area contributed by atoms with Gasteiger partial charge in [0.15, 0.2) is 11.5 Å². The minimum atomic E-state index is -0.155. The van der Waals surface area contributed by atoms with E-state index in [1.807, 2.05) is 37.3 Å². The number of nitrogens with zero attached hydrogens (tertiary/aromatic N) is 3. The first kappa shape index (κ1) is 21.7. The molecule has 3 aromatic carbocycles. The van der Waals surface area contributed by atoms with Crippen LogP contribution in [0.3, 0.4) is 0 Å². The van der Waals surface area contributed by atoms with Gasteiger partial charge in [-0.15, -0.1) is 0 Å². The number of halogens is 1. The first-order valence-electron chi connectivity index (χ1n) is 10.6. The van der Waals surface area contributed by atoms with Crippen molar-refractivity contribution >= 4 is 22.4 Å². The molecule has 0 radical (unpaired) electrons. The highest BCUT2D eigenvalue weighted by Gasteiger charge is 2.18. The van der Waals surface area contributed by atoms with Crippen LogP contribution in [0, 0.1) is 0 Å². The molecule has 5 rings (SSSR count). The molecule has 0 amide bonds. The van der Waals surface area contributed by atoms with Crippen LogP contribution in [0.1, 0.15) is 6.92 Å². The molecule has 2 aromatic heterocycles. The van der Waals surface area contributed by atoms with Crippen LogP contribution in [0.5, 0.6) is 11.5 Å². The van der Waals surface area contributed by atoms with E-state index in [-0.39, 0.29) is 5.56 Å². The maximum absolute atomic E-state index is 13.2. The minimum absolute atomic E-state index is 0.155. The Morgan fingerprint density at radius 1 is 1.00 bits per heavy atom. The molecule has 0 fully saturated rings. The normalized spacial score (nSPS) is 11.0. The van der Waals surface area contributed by atoms with Crippen molar-refractivity contribution in [2.45, 2.75) is 6.92 Å². The van der Waals surface area contributed by atoms with E-state index in [1.165, 1.54) is 0 Å². The molecule has 0 aliphatic carbocycles. The fourth-order valence-electron chi connectivity index (χ4n) is 3.79. The Labute approximate surface area is 200 Å². The van der Waals surface area contributed by atoms with Gasteiger partial charge in [-0.2, -0.15) is 4.98 Å². The van der Waals surface area contributed by atoms with Crippen LogP contribution in [0.2, 0.25) is 5.02 Å². The third-order valence-electron chi connectivity index (χ3n) is 5.41. The van der Waals surface area contributed by atoms with Gasteiger partial charge in [-0.05, 0) is 55.5 Å². The summed E-state index contributed by atoms with van der Waals surface area (Å²) in [6.45, 7) is 2.44. The summed E-state index contributed by atoms with van der Waals surface area (Å²) in [5, 5.41) is 6.02. The molecule has 8 heteroatoms. The zero-order valence-corrected chi connectivity index (χ0v) is 19.2. The number of hydrogen-bond donors (Lipinski definition) is 0. The molecule has 0 unspecified atom stereocenters. The molecule has 0 saturated carbocycles. The lowest BCUT2D eigenvalue weighted by atomic mass is 10.1. The van der Waals surface area contributed by atoms with Gasteiger partial charge < -0.3 is 14.0 Å². The lowest BCUT2D eigenvalue weighted by Crippen LogP contribution is -2.18. The van der Waals surface area contributed by atoms with Crippen molar-refractivity contribution in [1.82, 2.24) is 14.7 Å². The van der Waals surface area contributed by atoms with E-state index in [0.717, 1.165) is 5.39 Å². The Kier molecular flexibility index (Phi) is 5.77. The second-order valence-electron chi connectivity index (χ2n) is 7.46. The average molecular weight is 474 g/mol. The van der Waals surface area contributed by atoms with E-state index in [2.05, 4.69) is 10.1 Å². The van der Waals surface area contributed by atoms with Crippen LogP contribution in [0.25, 0.3) is 39.3 Å². The van der Waals surface area contributed by atoms with E-state index in [4.69, 9.17) is 25.6 Å². The van der Waals surface area contributed by atoms with Gasteiger partial charge in [0.1, 0.15) is 0 Å². The molecule has 7 nitrogen and oxygen atoms in total. The van der Waals surface area contributed by atoms with Crippen molar-refractivity contribution in [3.8, 4) is 40.0 Å². The second-order valence-corrected chi connectivity index (χ2v) is 7.90. The highest BCUT2D eigenvalue weighted by atomic mass is 35.5. The van der Waals surface area contributed by atoms with Gasteiger partial charge in [-0.3, -0.25) is 9.36 Å². The molecule has 5 aromatic rings. The number of fused-ring (bicyclic) bond motifs is 1. The Hall–Kier alpha value is -4.10. The molecule has 0 bridgehead atoms. The highest BCUT2D eigenvalue weighted by Crippen LogP contribution is 2.33. The van der Waals surface area contributed by atoms with Crippen molar-refractivity contribution in [2.24, 2.45) is 0 Å². The predicted molar refractivity (Wildman–Crippen MR) is 131 cm³/mol. The van der Waals surface area contributed by atoms with Gasteiger partial charge in [0.05, 0.1) is 19.3 Å². The smallest absolute Gasteiger partial charge is 0.262 e. The van der Waals surface area contributed by atoms with Crippen LogP contribution in [-0.4, -0.2) is 28.4 Å². The van der Waals surface area contributed by atoms with Gasteiger partial charge in [0.25, 0.3) is 11.4 Å². The average Bonchev–Trinajstić information content (AvgIpc) is 3.36. The third-order valence-corrected chi connectivity index (χ3v) is 5.66. The van der Waals surface area contributed by atoms with E-state index in [9.17, 15) is 4.79 Å². The highest BCUT2D eigenvalue weighted by molar-refractivity contribution is 6.30. The van der Waals surface area contributed by atoms with Crippen LogP contribution in [0.15, 0.2) is 82.2 Å². The molecule has 2 heterocycles. The van der Waals surface area contributed by atoms with Crippen LogP contribution < -0.4 is 15.0 Å². The molecular formula is C26H20ClN3O4. The molecule has 0 spiro atoms. The number of ether oxygens (including phenoxy) is 2. The van der Waals surface area contributed by atoms with Gasteiger partial charge >= 0.3 is 0 Å². The first-order chi connectivity index (χ1) is 16.6. The van der Waals surface area contributed by atoms with Gasteiger partial charge in [-0.25, -0.2) is 0 Å². The van der Waals surface area contributed by atoms with Crippen molar-refractivity contribution < 1.29 is 14.0 Å². The SMILES string of the molecule is CCOc1ccc(-c2noc(-c3cn(-c4ccc(Cl)cc4)c(=O)c4ccccc34)n2)cc1OC. The predicted octanol–water partition coefficient (Wildman–Crippen LogP) is 5.77. The zero-order valence-electron chi connectivity index (χ0n) is 18.5.